The zero-order valence-electron chi connectivity index (χ0n) is 9.56. The number of rotatable bonds is 5. The molecule has 1 fully saturated rings. The summed E-state index contributed by atoms with van der Waals surface area (Å²) >= 11 is 1.28. The van der Waals surface area contributed by atoms with E-state index < -0.39 is 0 Å². The molecule has 0 bridgehead atoms. The number of halogens is 1. The molecule has 7 heteroatoms. The number of nitrogens with one attached hydrogen (secondary N) is 1. The van der Waals surface area contributed by atoms with Gasteiger partial charge in [-0.1, -0.05) is 11.8 Å². The fourth-order valence-electron chi connectivity index (χ4n) is 1.26. The number of carbonyl (C=O) groups excluding carboxylic acids is 2. The van der Waals surface area contributed by atoms with Crippen LogP contribution in [0.2, 0.25) is 0 Å². The number of likely N-dealkylation sites (N-methyl/N-ethyl adjacent to an activating group) is 2. The van der Waals surface area contributed by atoms with Gasteiger partial charge in [-0.2, -0.15) is 0 Å². The van der Waals surface area contributed by atoms with Gasteiger partial charge in [0.15, 0.2) is 0 Å². The first-order valence-electron chi connectivity index (χ1n) is 4.95. The summed E-state index contributed by atoms with van der Waals surface area (Å²) in [6.07, 6.45) is 0. The molecule has 1 aliphatic heterocycles. The van der Waals surface area contributed by atoms with Crippen LogP contribution < -0.4 is 5.32 Å². The molecule has 2 amide bonds. The molecule has 1 rings (SSSR count). The maximum atomic E-state index is 11.6. The van der Waals surface area contributed by atoms with Crippen molar-refractivity contribution >= 4 is 35.3 Å². The van der Waals surface area contributed by atoms with E-state index in [1.165, 1.54) is 11.8 Å². The van der Waals surface area contributed by atoms with E-state index in [1.807, 2.05) is 7.05 Å². The van der Waals surface area contributed by atoms with E-state index in [-0.39, 0.29) is 30.1 Å². The minimum Gasteiger partial charge on any atom is -0.343 e. The van der Waals surface area contributed by atoms with Gasteiger partial charge in [0.05, 0.1) is 0 Å². The summed E-state index contributed by atoms with van der Waals surface area (Å²) in [6, 6.07) is 0. The molecule has 94 valence electrons. The smallest absolute Gasteiger partial charge is 0.282 e. The normalized spacial score (nSPS) is 14.9. The molecule has 0 spiro atoms. The van der Waals surface area contributed by atoms with E-state index in [2.05, 4.69) is 5.32 Å². The molecule has 5 nitrogen and oxygen atoms in total. The Hall–Kier alpha value is -0.460. The molecule has 0 aromatic heterocycles. The summed E-state index contributed by atoms with van der Waals surface area (Å²) < 4.78 is 0. The standard InChI is InChI=1S/C9H17N3O2S.ClH/c1-10-3-4-11(2)8(13)7-12-5-6-15-9(12)14;/h10H,3-7H2,1-2H3;1H. The Kier molecular flexibility index (Phi) is 7.53. The van der Waals surface area contributed by atoms with E-state index in [4.69, 9.17) is 0 Å². The van der Waals surface area contributed by atoms with Crippen molar-refractivity contribution in [3.63, 3.8) is 0 Å². The average molecular weight is 268 g/mol. The van der Waals surface area contributed by atoms with Gasteiger partial charge >= 0.3 is 0 Å². The van der Waals surface area contributed by atoms with Crippen molar-refractivity contribution in [3.05, 3.63) is 0 Å². The molecule has 0 radical (unpaired) electrons. The summed E-state index contributed by atoms with van der Waals surface area (Å²) in [5, 5.41) is 3.00. The van der Waals surface area contributed by atoms with Gasteiger partial charge in [-0.3, -0.25) is 9.59 Å². The maximum absolute atomic E-state index is 11.6. The second-order valence-electron chi connectivity index (χ2n) is 3.45. The number of hydrogen-bond donors (Lipinski definition) is 1. The predicted octanol–water partition coefficient (Wildman–Crippen LogP) is 0.255. The van der Waals surface area contributed by atoms with Gasteiger partial charge in [-0.15, -0.1) is 12.4 Å². The van der Waals surface area contributed by atoms with Gasteiger partial charge in [0.1, 0.15) is 6.54 Å². The van der Waals surface area contributed by atoms with Gasteiger partial charge in [0.25, 0.3) is 5.24 Å². The Balaban J connectivity index is 0.00000225. The van der Waals surface area contributed by atoms with Crippen LogP contribution in [-0.2, 0) is 4.79 Å². The van der Waals surface area contributed by atoms with Crippen molar-refractivity contribution in [1.82, 2.24) is 15.1 Å². The van der Waals surface area contributed by atoms with Crippen molar-refractivity contribution < 1.29 is 9.59 Å². The number of carbonyl (C=O) groups is 2. The largest absolute Gasteiger partial charge is 0.343 e. The maximum Gasteiger partial charge on any atom is 0.282 e. The van der Waals surface area contributed by atoms with Crippen LogP contribution in [0, 0.1) is 0 Å². The van der Waals surface area contributed by atoms with Crippen LogP contribution in [0.15, 0.2) is 0 Å². The Morgan fingerprint density at radius 3 is 2.81 bits per heavy atom. The van der Waals surface area contributed by atoms with Crippen LogP contribution in [0.3, 0.4) is 0 Å². The Morgan fingerprint density at radius 2 is 2.31 bits per heavy atom. The average Bonchev–Trinajstić information content (AvgIpc) is 2.61. The summed E-state index contributed by atoms with van der Waals surface area (Å²) in [7, 11) is 3.60. The van der Waals surface area contributed by atoms with Crippen LogP contribution in [0.1, 0.15) is 0 Å². The molecule has 0 aromatic carbocycles. The van der Waals surface area contributed by atoms with Gasteiger partial charge in [0.2, 0.25) is 5.91 Å². The molecule has 0 unspecified atom stereocenters. The highest BCUT2D eigenvalue weighted by atomic mass is 35.5. The van der Waals surface area contributed by atoms with Crippen LogP contribution in [0.25, 0.3) is 0 Å². The highest BCUT2D eigenvalue weighted by Crippen LogP contribution is 2.16. The molecule has 1 heterocycles. The number of hydrogen-bond acceptors (Lipinski definition) is 4. The van der Waals surface area contributed by atoms with Crippen molar-refractivity contribution in [1.29, 1.82) is 0 Å². The molecule has 0 atom stereocenters. The fourth-order valence-corrected chi connectivity index (χ4v) is 2.08. The lowest BCUT2D eigenvalue weighted by molar-refractivity contribution is -0.130. The Bertz CT molecular complexity index is 253. The van der Waals surface area contributed by atoms with Crippen molar-refractivity contribution in [2.24, 2.45) is 0 Å². The third-order valence-electron chi connectivity index (χ3n) is 2.29. The van der Waals surface area contributed by atoms with E-state index in [9.17, 15) is 9.59 Å². The second kappa shape index (κ2) is 7.76. The molecule has 1 N–H and O–H groups in total. The van der Waals surface area contributed by atoms with Crippen molar-refractivity contribution in [2.75, 3.05) is 46.0 Å². The molecule has 1 saturated heterocycles. The monoisotopic (exact) mass is 267 g/mol. The molecule has 0 saturated carbocycles. The molecular weight excluding hydrogens is 250 g/mol. The summed E-state index contributed by atoms with van der Waals surface area (Å²) in [5.74, 6) is 0.799. The van der Waals surface area contributed by atoms with E-state index in [0.717, 1.165) is 12.3 Å². The third-order valence-corrected chi connectivity index (χ3v) is 3.19. The number of thioether (sulfide) groups is 1. The fraction of sp³-hybridized carbons (Fsp3) is 0.778. The third kappa shape index (κ3) is 4.59. The lowest BCUT2D eigenvalue weighted by Crippen LogP contribution is -2.40. The van der Waals surface area contributed by atoms with Crippen molar-refractivity contribution in [3.8, 4) is 0 Å². The highest BCUT2D eigenvalue weighted by molar-refractivity contribution is 8.13. The van der Waals surface area contributed by atoms with E-state index >= 15 is 0 Å². The molecular formula is C9H18ClN3O2S. The molecule has 0 aliphatic carbocycles. The first kappa shape index (κ1) is 15.5. The van der Waals surface area contributed by atoms with Crippen LogP contribution in [0.5, 0.6) is 0 Å². The summed E-state index contributed by atoms with van der Waals surface area (Å²) in [4.78, 5) is 26.1. The summed E-state index contributed by atoms with van der Waals surface area (Å²) in [5.41, 5.74) is 0. The Morgan fingerprint density at radius 1 is 1.62 bits per heavy atom. The SMILES string of the molecule is CNCCN(C)C(=O)CN1CCSC1=O.Cl. The number of nitrogens with zero attached hydrogens (tertiary/aromatic N) is 2. The molecule has 1 aliphatic rings. The Labute approximate surface area is 106 Å². The minimum atomic E-state index is 0. The molecule has 0 aromatic rings. The minimum absolute atomic E-state index is 0. The van der Waals surface area contributed by atoms with Crippen molar-refractivity contribution in [2.45, 2.75) is 0 Å². The highest BCUT2D eigenvalue weighted by Gasteiger charge is 2.24. The van der Waals surface area contributed by atoms with Gasteiger partial charge in [-0.25, -0.2) is 0 Å². The van der Waals surface area contributed by atoms with Gasteiger partial charge in [0, 0.05) is 32.4 Å². The zero-order valence-corrected chi connectivity index (χ0v) is 11.2. The number of amides is 2. The summed E-state index contributed by atoms with van der Waals surface area (Å²) in [6.45, 7) is 2.34. The second-order valence-corrected chi connectivity index (χ2v) is 4.50. The first-order valence-corrected chi connectivity index (χ1v) is 5.94. The van der Waals surface area contributed by atoms with Crippen LogP contribution in [0.4, 0.5) is 4.79 Å². The van der Waals surface area contributed by atoms with Crippen LogP contribution in [-0.4, -0.2) is 67.0 Å². The quantitative estimate of drug-likeness (QED) is 0.776. The lowest BCUT2D eigenvalue weighted by Gasteiger charge is -2.20. The predicted molar refractivity (Wildman–Crippen MR) is 68.2 cm³/mol. The molecule has 16 heavy (non-hydrogen) atoms. The van der Waals surface area contributed by atoms with E-state index in [0.29, 0.717) is 13.1 Å². The first-order chi connectivity index (χ1) is 7.15. The zero-order chi connectivity index (χ0) is 11.3. The van der Waals surface area contributed by atoms with Crippen LogP contribution >= 0.6 is 24.2 Å². The van der Waals surface area contributed by atoms with Gasteiger partial charge in [-0.05, 0) is 7.05 Å². The van der Waals surface area contributed by atoms with E-state index in [1.54, 1.807) is 16.8 Å². The lowest BCUT2D eigenvalue weighted by atomic mass is 10.4. The topological polar surface area (TPSA) is 52.7 Å². The van der Waals surface area contributed by atoms with Gasteiger partial charge < -0.3 is 15.1 Å².